The Morgan fingerprint density at radius 2 is 1.93 bits per heavy atom. The summed E-state index contributed by atoms with van der Waals surface area (Å²) < 4.78 is 0. The van der Waals surface area contributed by atoms with Gasteiger partial charge in [0.2, 0.25) is 0 Å². The van der Waals surface area contributed by atoms with E-state index in [1.807, 2.05) is 0 Å². The van der Waals surface area contributed by atoms with Crippen LogP contribution in [0.1, 0.15) is 40.0 Å². The van der Waals surface area contributed by atoms with Gasteiger partial charge in [-0.25, -0.2) is 0 Å². The highest BCUT2D eigenvalue weighted by molar-refractivity contribution is 4.87. The van der Waals surface area contributed by atoms with Crippen LogP contribution in [-0.4, -0.2) is 36.6 Å². The fourth-order valence-corrected chi connectivity index (χ4v) is 3.46. The Labute approximate surface area is 94.4 Å². The van der Waals surface area contributed by atoms with E-state index in [9.17, 15) is 0 Å². The van der Waals surface area contributed by atoms with Crippen LogP contribution in [0.5, 0.6) is 0 Å². The zero-order valence-corrected chi connectivity index (χ0v) is 10.5. The van der Waals surface area contributed by atoms with Crippen molar-refractivity contribution in [1.82, 2.24) is 10.2 Å². The molecule has 0 spiro atoms. The topological polar surface area (TPSA) is 15.3 Å². The summed E-state index contributed by atoms with van der Waals surface area (Å²) in [6.45, 7) is 10.9. The van der Waals surface area contributed by atoms with Crippen molar-refractivity contribution in [1.29, 1.82) is 0 Å². The summed E-state index contributed by atoms with van der Waals surface area (Å²) in [5.41, 5.74) is 0. The molecule has 88 valence electrons. The summed E-state index contributed by atoms with van der Waals surface area (Å²) in [4.78, 5) is 2.73. The van der Waals surface area contributed by atoms with E-state index in [0.29, 0.717) is 6.04 Å². The molecule has 2 aliphatic rings. The van der Waals surface area contributed by atoms with Gasteiger partial charge in [-0.2, -0.15) is 0 Å². The number of hydrogen-bond acceptors (Lipinski definition) is 2. The summed E-state index contributed by atoms with van der Waals surface area (Å²) in [5.74, 6) is 1.86. The highest BCUT2D eigenvalue weighted by Crippen LogP contribution is 2.32. The van der Waals surface area contributed by atoms with Crippen LogP contribution in [0, 0.1) is 11.8 Å². The Balaban J connectivity index is 1.91. The van der Waals surface area contributed by atoms with Gasteiger partial charge in [0.25, 0.3) is 0 Å². The molecular formula is C13H26N2. The van der Waals surface area contributed by atoms with Crippen LogP contribution < -0.4 is 5.32 Å². The third-order valence-corrected chi connectivity index (χ3v) is 4.26. The zero-order valence-electron chi connectivity index (χ0n) is 10.5. The smallest absolute Gasteiger partial charge is 0.0167 e. The quantitative estimate of drug-likeness (QED) is 0.713. The number of nitrogens with zero attached hydrogens (tertiary/aromatic N) is 1. The molecule has 1 saturated carbocycles. The first kappa shape index (κ1) is 11.4. The molecule has 2 nitrogen and oxygen atoms in total. The van der Waals surface area contributed by atoms with E-state index >= 15 is 0 Å². The minimum absolute atomic E-state index is 0.685. The molecule has 0 amide bonds. The molecule has 0 aromatic heterocycles. The normalized spacial score (nSPS) is 44.2. The monoisotopic (exact) mass is 210 g/mol. The molecule has 15 heavy (non-hydrogen) atoms. The van der Waals surface area contributed by atoms with Gasteiger partial charge < -0.3 is 5.32 Å². The van der Waals surface area contributed by atoms with Crippen LogP contribution in [0.25, 0.3) is 0 Å². The van der Waals surface area contributed by atoms with Crippen LogP contribution in [0.4, 0.5) is 0 Å². The van der Waals surface area contributed by atoms with Gasteiger partial charge in [-0.3, -0.25) is 4.90 Å². The summed E-state index contributed by atoms with van der Waals surface area (Å²) in [5, 5.41) is 3.53. The average molecular weight is 210 g/mol. The van der Waals surface area contributed by atoms with Crippen molar-refractivity contribution in [2.24, 2.45) is 11.8 Å². The summed E-state index contributed by atoms with van der Waals surface area (Å²) in [7, 11) is 0. The number of rotatable bonds is 1. The summed E-state index contributed by atoms with van der Waals surface area (Å²) in [6.07, 6.45) is 4.30. The first-order chi connectivity index (χ1) is 7.16. The van der Waals surface area contributed by atoms with E-state index in [1.54, 1.807) is 0 Å². The first-order valence-electron chi connectivity index (χ1n) is 6.64. The third-order valence-electron chi connectivity index (χ3n) is 4.26. The highest BCUT2D eigenvalue weighted by atomic mass is 15.2. The third kappa shape index (κ3) is 2.73. The fourth-order valence-electron chi connectivity index (χ4n) is 3.46. The number of hydrogen-bond donors (Lipinski definition) is 1. The van der Waals surface area contributed by atoms with Crippen molar-refractivity contribution < 1.29 is 0 Å². The standard InChI is InChI=1S/C13H26N2/c1-10-4-5-13(11(2)8-10)15-7-6-14-12(3)9-15/h10-14H,4-9H2,1-3H3. The van der Waals surface area contributed by atoms with E-state index in [0.717, 1.165) is 17.9 Å². The van der Waals surface area contributed by atoms with Gasteiger partial charge in [0.1, 0.15) is 0 Å². The summed E-state index contributed by atoms with van der Waals surface area (Å²) in [6, 6.07) is 1.55. The van der Waals surface area contributed by atoms with Gasteiger partial charge in [0.05, 0.1) is 0 Å². The predicted octanol–water partition coefficient (Wildman–Crippen LogP) is 2.10. The van der Waals surface area contributed by atoms with Crippen LogP contribution in [0.15, 0.2) is 0 Å². The molecule has 0 bridgehead atoms. The molecule has 4 atom stereocenters. The predicted molar refractivity (Wildman–Crippen MR) is 65.0 cm³/mol. The Bertz CT molecular complexity index is 205. The van der Waals surface area contributed by atoms with Crippen molar-refractivity contribution in [3.05, 3.63) is 0 Å². The van der Waals surface area contributed by atoms with Gasteiger partial charge in [-0.1, -0.05) is 13.8 Å². The number of nitrogens with one attached hydrogen (secondary N) is 1. The Hall–Kier alpha value is -0.0800. The molecule has 2 heteroatoms. The largest absolute Gasteiger partial charge is 0.312 e. The van der Waals surface area contributed by atoms with E-state index < -0.39 is 0 Å². The molecule has 1 heterocycles. The van der Waals surface area contributed by atoms with Crippen molar-refractivity contribution in [2.75, 3.05) is 19.6 Å². The van der Waals surface area contributed by atoms with Gasteiger partial charge >= 0.3 is 0 Å². The van der Waals surface area contributed by atoms with Crippen LogP contribution in [0.2, 0.25) is 0 Å². The minimum atomic E-state index is 0.685. The van der Waals surface area contributed by atoms with Crippen LogP contribution in [-0.2, 0) is 0 Å². The van der Waals surface area contributed by atoms with Gasteiger partial charge in [0, 0.05) is 31.7 Å². The first-order valence-corrected chi connectivity index (χ1v) is 6.64. The van der Waals surface area contributed by atoms with Crippen molar-refractivity contribution in [3.8, 4) is 0 Å². The molecule has 0 aromatic carbocycles. The molecule has 0 aromatic rings. The maximum atomic E-state index is 3.53. The fraction of sp³-hybridized carbons (Fsp3) is 1.00. The SMILES string of the molecule is CC1CCC(N2CCNC(C)C2)C(C)C1. The highest BCUT2D eigenvalue weighted by Gasteiger charge is 2.31. The van der Waals surface area contributed by atoms with Crippen LogP contribution >= 0.6 is 0 Å². The maximum Gasteiger partial charge on any atom is 0.0167 e. The molecule has 2 rings (SSSR count). The van der Waals surface area contributed by atoms with Crippen molar-refractivity contribution in [2.45, 2.75) is 52.1 Å². The molecule has 1 saturated heterocycles. The Kier molecular flexibility index (Phi) is 3.68. The second-order valence-corrected chi connectivity index (χ2v) is 5.81. The lowest BCUT2D eigenvalue weighted by Gasteiger charge is -2.44. The van der Waals surface area contributed by atoms with E-state index in [4.69, 9.17) is 0 Å². The lowest BCUT2D eigenvalue weighted by molar-refractivity contribution is 0.0700. The molecule has 1 N–H and O–H groups in total. The van der Waals surface area contributed by atoms with Crippen molar-refractivity contribution in [3.63, 3.8) is 0 Å². The Morgan fingerprint density at radius 3 is 2.60 bits per heavy atom. The molecular weight excluding hydrogens is 184 g/mol. The molecule has 2 fully saturated rings. The molecule has 0 radical (unpaired) electrons. The van der Waals surface area contributed by atoms with Crippen molar-refractivity contribution >= 4 is 0 Å². The van der Waals surface area contributed by atoms with Gasteiger partial charge in [-0.05, 0) is 38.0 Å². The Morgan fingerprint density at radius 1 is 1.13 bits per heavy atom. The second kappa shape index (κ2) is 4.84. The second-order valence-electron chi connectivity index (χ2n) is 5.81. The molecule has 1 aliphatic heterocycles. The van der Waals surface area contributed by atoms with E-state index in [2.05, 4.69) is 31.0 Å². The van der Waals surface area contributed by atoms with E-state index in [-0.39, 0.29) is 0 Å². The lowest BCUT2D eigenvalue weighted by atomic mass is 9.79. The van der Waals surface area contributed by atoms with E-state index in [1.165, 1.54) is 38.9 Å². The zero-order chi connectivity index (χ0) is 10.8. The van der Waals surface area contributed by atoms with Gasteiger partial charge in [-0.15, -0.1) is 0 Å². The van der Waals surface area contributed by atoms with Gasteiger partial charge in [0.15, 0.2) is 0 Å². The average Bonchev–Trinajstić information content (AvgIpc) is 2.17. The summed E-state index contributed by atoms with van der Waals surface area (Å²) >= 11 is 0. The molecule has 4 unspecified atom stereocenters. The van der Waals surface area contributed by atoms with Crippen LogP contribution in [0.3, 0.4) is 0 Å². The molecule has 1 aliphatic carbocycles. The number of piperazine rings is 1. The maximum absolute atomic E-state index is 3.53. The lowest BCUT2D eigenvalue weighted by Crippen LogP contribution is -2.55. The minimum Gasteiger partial charge on any atom is -0.312 e.